The lowest BCUT2D eigenvalue weighted by atomic mass is 10.0. The van der Waals surface area contributed by atoms with E-state index in [0.29, 0.717) is 5.01 Å². The van der Waals surface area contributed by atoms with Gasteiger partial charge in [0.15, 0.2) is 5.60 Å². The fraction of sp³-hybridized carbons (Fsp3) is 0.150. The van der Waals surface area contributed by atoms with E-state index >= 15 is 0 Å². The third-order valence-electron chi connectivity index (χ3n) is 4.19. The first-order chi connectivity index (χ1) is 12.9. The topological polar surface area (TPSA) is 101 Å². The molecule has 7 heteroatoms. The van der Waals surface area contributed by atoms with E-state index < -0.39 is 5.60 Å². The number of nitrogens with zero attached hydrogens (tertiary/aromatic N) is 3. The molecule has 0 bridgehead atoms. The predicted molar refractivity (Wildman–Crippen MR) is 107 cm³/mol. The highest BCUT2D eigenvalue weighted by Gasteiger charge is 2.22. The zero-order valence-corrected chi connectivity index (χ0v) is 15.6. The molecule has 3 heterocycles. The lowest BCUT2D eigenvalue weighted by molar-refractivity contribution is 0.122. The van der Waals surface area contributed by atoms with Crippen molar-refractivity contribution in [1.82, 2.24) is 19.9 Å². The van der Waals surface area contributed by atoms with Gasteiger partial charge < -0.3 is 15.8 Å². The van der Waals surface area contributed by atoms with E-state index in [-0.39, 0.29) is 5.95 Å². The molecule has 3 aromatic heterocycles. The second kappa shape index (κ2) is 6.50. The van der Waals surface area contributed by atoms with Crippen LogP contribution in [0.1, 0.15) is 23.2 Å². The SMILES string of the molecule is Cc1[nH]c2cnc(N)nc2c1-c1cccc(C#CC(C)(O)c2nccs2)c1. The number of H-pyrrole nitrogens is 1. The molecule has 0 aliphatic rings. The molecule has 0 radical (unpaired) electrons. The molecule has 1 unspecified atom stereocenters. The Morgan fingerprint density at radius 2 is 2.15 bits per heavy atom. The van der Waals surface area contributed by atoms with Crippen LogP contribution < -0.4 is 5.73 Å². The van der Waals surface area contributed by atoms with E-state index in [1.54, 1.807) is 19.3 Å². The van der Waals surface area contributed by atoms with E-state index in [4.69, 9.17) is 5.73 Å². The van der Waals surface area contributed by atoms with Gasteiger partial charge in [0.25, 0.3) is 0 Å². The van der Waals surface area contributed by atoms with Crippen molar-refractivity contribution in [3.63, 3.8) is 0 Å². The number of aliphatic hydroxyl groups is 1. The van der Waals surface area contributed by atoms with Gasteiger partial charge in [-0.05, 0) is 31.5 Å². The number of aromatic amines is 1. The second-order valence-electron chi connectivity index (χ2n) is 6.36. The largest absolute Gasteiger partial charge is 0.371 e. The average molecular weight is 375 g/mol. The normalized spacial score (nSPS) is 13.1. The number of nitrogen functional groups attached to an aromatic ring is 1. The minimum absolute atomic E-state index is 0.234. The molecule has 1 atom stereocenters. The van der Waals surface area contributed by atoms with Gasteiger partial charge >= 0.3 is 0 Å². The van der Waals surface area contributed by atoms with Crippen molar-refractivity contribution in [1.29, 1.82) is 0 Å². The summed E-state index contributed by atoms with van der Waals surface area (Å²) in [6, 6.07) is 7.80. The number of hydrogen-bond acceptors (Lipinski definition) is 6. The highest BCUT2D eigenvalue weighted by atomic mass is 32.1. The van der Waals surface area contributed by atoms with Crippen LogP contribution in [0.25, 0.3) is 22.2 Å². The summed E-state index contributed by atoms with van der Waals surface area (Å²) in [5, 5.41) is 12.9. The summed E-state index contributed by atoms with van der Waals surface area (Å²) in [5.41, 5.74) is 9.79. The van der Waals surface area contributed by atoms with Gasteiger partial charge in [-0.15, -0.1) is 11.3 Å². The summed E-state index contributed by atoms with van der Waals surface area (Å²) < 4.78 is 0. The standard InChI is InChI=1S/C20H17N5OS/c1-12-16(17-15(24-12)11-23-19(21)25-17)14-5-3-4-13(10-14)6-7-20(2,26)18-22-8-9-27-18/h3-5,8-11,24,26H,1-2H3,(H2,21,23,25). The fourth-order valence-corrected chi connectivity index (χ4v) is 3.59. The van der Waals surface area contributed by atoms with Crippen LogP contribution in [0, 0.1) is 18.8 Å². The van der Waals surface area contributed by atoms with Crippen molar-refractivity contribution in [2.75, 3.05) is 5.73 Å². The third kappa shape index (κ3) is 3.28. The summed E-state index contributed by atoms with van der Waals surface area (Å²) in [6.07, 6.45) is 3.34. The number of rotatable bonds is 2. The van der Waals surface area contributed by atoms with Crippen LogP contribution in [0.15, 0.2) is 42.0 Å². The van der Waals surface area contributed by atoms with Crippen LogP contribution in [-0.4, -0.2) is 25.0 Å². The Morgan fingerprint density at radius 1 is 1.30 bits per heavy atom. The first-order valence-corrected chi connectivity index (χ1v) is 9.19. The van der Waals surface area contributed by atoms with E-state index in [1.165, 1.54) is 11.3 Å². The Morgan fingerprint density at radius 3 is 2.93 bits per heavy atom. The Hall–Kier alpha value is -3.21. The maximum Gasteiger partial charge on any atom is 0.220 e. The molecular formula is C20H17N5OS. The van der Waals surface area contributed by atoms with Gasteiger partial charge in [0.2, 0.25) is 5.95 Å². The van der Waals surface area contributed by atoms with E-state index in [1.807, 2.05) is 36.6 Å². The van der Waals surface area contributed by atoms with Crippen LogP contribution in [0.3, 0.4) is 0 Å². The summed E-state index contributed by atoms with van der Waals surface area (Å²) in [5.74, 6) is 6.20. The predicted octanol–water partition coefficient (Wildman–Crippen LogP) is 3.23. The van der Waals surface area contributed by atoms with Gasteiger partial charge in [-0.3, -0.25) is 0 Å². The van der Waals surface area contributed by atoms with E-state index in [2.05, 4.69) is 31.8 Å². The van der Waals surface area contributed by atoms with Crippen molar-refractivity contribution in [2.45, 2.75) is 19.4 Å². The molecule has 0 saturated heterocycles. The van der Waals surface area contributed by atoms with Gasteiger partial charge in [0.05, 0.1) is 11.7 Å². The first kappa shape index (κ1) is 17.2. The lowest BCUT2D eigenvalue weighted by Crippen LogP contribution is -2.17. The van der Waals surface area contributed by atoms with Gasteiger partial charge in [0.1, 0.15) is 10.5 Å². The first-order valence-electron chi connectivity index (χ1n) is 8.31. The molecule has 0 aliphatic carbocycles. The molecule has 0 spiro atoms. The minimum atomic E-state index is -1.29. The summed E-state index contributed by atoms with van der Waals surface area (Å²) in [6.45, 7) is 3.63. The number of benzene rings is 1. The Labute approximate surface area is 160 Å². The maximum atomic E-state index is 10.5. The molecule has 0 fully saturated rings. The molecule has 4 aromatic rings. The van der Waals surface area contributed by atoms with Gasteiger partial charge in [-0.1, -0.05) is 24.0 Å². The number of thiazole rings is 1. The monoisotopic (exact) mass is 375 g/mol. The number of fused-ring (bicyclic) bond motifs is 1. The van der Waals surface area contributed by atoms with E-state index in [0.717, 1.165) is 33.4 Å². The summed E-state index contributed by atoms with van der Waals surface area (Å²) >= 11 is 1.38. The molecule has 1 aromatic carbocycles. The Kier molecular flexibility index (Phi) is 4.15. The highest BCUT2D eigenvalue weighted by Crippen LogP contribution is 2.31. The number of aromatic nitrogens is 4. The molecule has 0 saturated carbocycles. The number of hydrogen-bond donors (Lipinski definition) is 3. The molecule has 4 rings (SSSR count). The smallest absolute Gasteiger partial charge is 0.220 e. The third-order valence-corrected chi connectivity index (χ3v) is 5.18. The lowest BCUT2D eigenvalue weighted by Gasteiger charge is -2.12. The van der Waals surface area contributed by atoms with Crippen LogP contribution in [0.2, 0.25) is 0 Å². The second-order valence-corrected chi connectivity index (χ2v) is 7.25. The maximum absolute atomic E-state index is 10.5. The van der Waals surface area contributed by atoms with E-state index in [9.17, 15) is 5.11 Å². The number of aryl methyl sites for hydroxylation is 1. The zero-order valence-electron chi connectivity index (χ0n) is 14.8. The van der Waals surface area contributed by atoms with Crippen LogP contribution in [0.4, 0.5) is 5.95 Å². The van der Waals surface area contributed by atoms with Crippen LogP contribution in [-0.2, 0) is 5.60 Å². The van der Waals surface area contributed by atoms with Gasteiger partial charge in [0, 0.05) is 28.4 Å². The molecular weight excluding hydrogens is 358 g/mol. The molecule has 0 aliphatic heterocycles. The van der Waals surface area contributed by atoms with Crippen LogP contribution in [0.5, 0.6) is 0 Å². The average Bonchev–Trinajstić information content (AvgIpc) is 3.28. The van der Waals surface area contributed by atoms with Crippen molar-refractivity contribution in [2.24, 2.45) is 0 Å². The van der Waals surface area contributed by atoms with Crippen molar-refractivity contribution < 1.29 is 5.11 Å². The van der Waals surface area contributed by atoms with Gasteiger partial charge in [-0.25, -0.2) is 15.0 Å². The summed E-state index contributed by atoms with van der Waals surface area (Å²) in [7, 11) is 0. The molecule has 6 nitrogen and oxygen atoms in total. The van der Waals surface area contributed by atoms with Gasteiger partial charge in [-0.2, -0.15) is 0 Å². The minimum Gasteiger partial charge on any atom is -0.371 e. The number of anilines is 1. The highest BCUT2D eigenvalue weighted by molar-refractivity contribution is 7.09. The number of nitrogens with two attached hydrogens (primary N) is 1. The van der Waals surface area contributed by atoms with Crippen LogP contribution >= 0.6 is 11.3 Å². The zero-order chi connectivity index (χ0) is 19.0. The molecule has 4 N–H and O–H groups in total. The summed E-state index contributed by atoms with van der Waals surface area (Å²) in [4.78, 5) is 15.8. The fourth-order valence-electron chi connectivity index (χ4n) is 2.94. The quantitative estimate of drug-likeness (QED) is 0.467. The molecule has 27 heavy (non-hydrogen) atoms. The molecule has 134 valence electrons. The van der Waals surface area contributed by atoms with Crippen molar-refractivity contribution in [3.8, 4) is 23.0 Å². The van der Waals surface area contributed by atoms with Crippen molar-refractivity contribution in [3.05, 3.63) is 58.3 Å². The Bertz CT molecular complexity index is 1180. The Balaban J connectivity index is 1.76. The number of nitrogens with one attached hydrogen (secondary N) is 1. The van der Waals surface area contributed by atoms with Crippen molar-refractivity contribution >= 4 is 28.3 Å². The molecule has 0 amide bonds.